The Morgan fingerprint density at radius 3 is 2.35 bits per heavy atom. The number of hydrogen-bond donors (Lipinski definition) is 2. The van der Waals surface area contributed by atoms with E-state index in [0.29, 0.717) is 13.0 Å². The second-order valence-corrected chi connectivity index (χ2v) is 4.31. The van der Waals surface area contributed by atoms with Crippen molar-refractivity contribution in [2.45, 2.75) is 27.2 Å². The van der Waals surface area contributed by atoms with E-state index in [2.05, 4.69) is 23.8 Å². The van der Waals surface area contributed by atoms with Gasteiger partial charge in [0.2, 0.25) is 5.91 Å². The van der Waals surface area contributed by atoms with E-state index in [-0.39, 0.29) is 5.91 Å². The SMILES string of the molecule is C=C(C)CNC(=O)CC(=C)c1ccccc1NC.CC. The van der Waals surface area contributed by atoms with Crippen LogP contribution in [0.4, 0.5) is 5.69 Å². The normalized spacial score (nSPS) is 9.00. The van der Waals surface area contributed by atoms with Gasteiger partial charge < -0.3 is 10.6 Å². The van der Waals surface area contributed by atoms with Crippen molar-refractivity contribution in [3.63, 3.8) is 0 Å². The molecular formula is C17H26N2O. The Hall–Kier alpha value is -2.03. The zero-order valence-corrected chi connectivity index (χ0v) is 13.0. The van der Waals surface area contributed by atoms with Crippen LogP contribution < -0.4 is 10.6 Å². The minimum atomic E-state index is -0.0334. The fourth-order valence-electron chi connectivity index (χ4n) is 1.61. The molecule has 1 rings (SSSR count). The van der Waals surface area contributed by atoms with E-state index < -0.39 is 0 Å². The molecule has 0 bridgehead atoms. The molecule has 2 N–H and O–H groups in total. The zero-order valence-electron chi connectivity index (χ0n) is 13.0. The maximum Gasteiger partial charge on any atom is 0.224 e. The molecule has 0 aliphatic rings. The molecule has 20 heavy (non-hydrogen) atoms. The molecule has 1 amide bonds. The summed E-state index contributed by atoms with van der Waals surface area (Å²) in [6.07, 6.45) is 0.298. The first-order chi connectivity index (χ1) is 9.54. The molecule has 0 fully saturated rings. The Labute approximate surface area is 122 Å². The molecule has 1 aromatic rings. The van der Waals surface area contributed by atoms with E-state index in [1.165, 1.54) is 0 Å². The molecule has 0 aliphatic heterocycles. The molecule has 110 valence electrons. The fraction of sp³-hybridized carbons (Fsp3) is 0.353. The van der Waals surface area contributed by atoms with Gasteiger partial charge in [-0.05, 0) is 18.6 Å². The van der Waals surface area contributed by atoms with Gasteiger partial charge in [-0.1, -0.05) is 50.8 Å². The number of nitrogens with one attached hydrogen (secondary N) is 2. The molecule has 0 saturated heterocycles. The highest BCUT2D eigenvalue weighted by Crippen LogP contribution is 2.24. The van der Waals surface area contributed by atoms with Crippen LogP contribution in [-0.2, 0) is 4.79 Å². The van der Waals surface area contributed by atoms with Crippen molar-refractivity contribution in [3.8, 4) is 0 Å². The molecule has 0 unspecified atom stereocenters. The lowest BCUT2D eigenvalue weighted by atomic mass is 10.0. The van der Waals surface area contributed by atoms with E-state index in [0.717, 1.165) is 22.4 Å². The highest BCUT2D eigenvalue weighted by Gasteiger charge is 2.08. The molecule has 1 aromatic carbocycles. The van der Waals surface area contributed by atoms with Crippen molar-refractivity contribution in [1.82, 2.24) is 5.32 Å². The van der Waals surface area contributed by atoms with Crippen LogP contribution in [0.2, 0.25) is 0 Å². The molecule has 3 nitrogen and oxygen atoms in total. The van der Waals surface area contributed by atoms with Crippen molar-refractivity contribution in [2.24, 2.45) is 0 Å². The van der Waals surface area contributed by atoms with Crippen LogP contribution >= 0.6 is 0 Å². The first kappa shape index (κ1) is 18.0. The first-order valence-corrected chi connectivity index (χ1v) is 6.90. The zero-order chi connectivity index (χ0) is 15.5. The Morgan fingerprint density at radius 2 is 1.80 bits per heavy atom. The van der Waals surface area contributed by atoms with Crippen LogP contribution in [0, 0.1) is 0 Å². The maximum absolute atomic E-state index is 11.7. The number of benzene rings is 1. The van der Waals surface area contributed by atoms with Crippen LogP contribution in [0.1, 0.15) is 32.8 Å². The van der Waals surface area contributed by atoms with Crippen LogP contribution in [-0.4, -0.2) is 19.5 Å². The monoisotopic (exact) mass is 274 g/mol. The van der Waals surface area contributed by atoms with Crippen molar-refractivity contribution in [1.29, 1.82) is 0 Å². The number of carbonyl (C=O) groups excluding carboxylic acids is 1. The van der Waals surface area contributed by atoms with Crippen LogP contribution in [0.25, 0.3) is 5.57 Å². The van der Waals surface area contributed by atoms with E-state index in [4.69, 9.17) is 0 Å². The molecule has 0 saturated carbocycles. The average Bonchev–Trinajstić information content (AvgIpc) is 2.47. The Morgan fingerprint density at radius 1 is 1.20 bits per heavy atom. The van der Waals surface area contributed by atoms with Crippen molar-refractivity contribution < 1.29 is 4.79 Å². The summed E-state index contributed by atoms with van der Waals surface area (Å²) in [5, 5.41) is 5.89. The minimum Gasteiger partial charge on any atom is -0.388 e. The highest BCUT2D eigenvalue weighted by molar-refractivity contribution is 5.90. The molecule has 0 aromatic heterocycles. The predicted octanol–water partition coefficient (Wildman–Crippen LogP) is 3.85. The summed E-state index contributed by atoms with van der Waals surface area (Å²) in [6.45, 7) is 14.1. The largest absolute Gasteiger partial charge is 0.388 e. The second-order valence-electron chi connectivity index (χ2n) is 4.31. The maximum atomic E-state index is 11.7. The third kappa shape index (κ3) is 6.23. The van der Waals surface area contributed by atoms with Crippen LogP contribution in [0.3, 0.4) is 0 Å². The lowest BCUT2D eigenvalue weighted by molar-refractivity contribution is -0.119. The standard InChI is InChI=1S/C15H20N2O.C2H6/c1-11(2)10-17-15(18)9-12(3)13-7-5-6-8-14(13)16-4;1-2/h5-8,16H,1,3,9-10H2,2,4H3,(H,17,18);1-2H3. The van der Waals surface area contributed by atoms with Crippen molar-refractivity contribution >= 4 is 17.2 Å². The third-order valence-corrected chi connectivity index (χ3v) is 2.54. The van der Waals surface area contributed by atoms with Gasteiger partial charge >= 0.3 is 0 Å². The van der Waals surface area contributed by atoms with Gasteiger partial charge in [-0.3, -0.25) is 4.79 Å². The van der Waals surface area contributed by atoms with Crippen LogP contribution in [0.5, 0.6) is 0 Å². The average molecular weight is 274 g/mol. The summed E-state index contributed by atoms with van der Waals surface area (Å²) in [4.78, 5) is 11.7. The number of hydrogen-bond acceptors (Lipinski definition) is 2. The molecule has 0 heterocycles. The van der Waals surface area contributed by atoms with Gasteiger partial charge in [0.05, 0.1) is 6.42 Å². The summed E-state index contributed by atoms with van der Waals surface area (Å²) in [5.74, 6) is -0.0334. The Kier molecular flexibility index (Phi) is 8.84. The minimum absolute atomic E-state index is 0.0334. The Bertz CT molecular complexity index is 464. The lowest BCUT2D eigenvalue weighted by Crippen LogP contribution is -2.24. The molecule has 0 aliphatic carbocycles. The first-order valence-electron chi connectivity index (χ1n) is 6.90. The van der Waals surface area contributed by atoms with Gasteiger partial charge in [0.15, 0.2) is 0 Å². The number of amides is 1. The van der Waals surface area contributed by atoms with E-state index in [9.17, 15) is 4.79 Å². The molecule has 0 radical (unpaired) electrons. The summed E-state index contributed by atoms with van der Waals surface area (Å²) in [7, 11) is 1.85. The smallest absolute Gasteiger partial charge is 0.224 e. The number of para-hydroxylation sites is 1. The van der Waals surface area contributed by atoms with E-state index >= 15 is 0 Å². The van der Waals surface area contributed by atoms with Crippen molar-refractivity contribution in [2.75, 3.05) is 18.9 Å². The third-order valence-electron chi connectivity index (χ3n) is 2.54. The highest BCUT2D eigenvalue weighted by atomic mass is 16.1. The second kappa shape index (κ2) is 9.84. The van der Waals surface area contributed by atoms with Gasteiger partial charge in [0.1, 0.15) is 0 Å². The van der Waals surface area contributed by atoms with Gasteiger partial charge in [0, 0.05) is 24.8 Å². The van der Waals surface area contributed by atoms with Gasteiger partial charge in [-0.25, -0.2) is 0 Å². The number of carbonyl (C=O) groups is 1. The molecule has 0 atom stereocenters. The topological polar surface area (TPSA) is 41.1 Å². The molecule has 0 spiro atoms. The lowest BCUT2D eigenvalue weighted by Gasteiger charge is -2.11. The summed E-state index contributed by atoms with van der Waals surface area (Å²) < 4.78 is 0. The fourth-order valence-corrected chi connectivity index (χ4v) is 1.61. The number of rotatable bonds is 6. The van der Waals surface area contributed by atoms with Gasteiger partial charge in [-0.15, -0.1) is 0 Å². The molecular weight excluding hydrogens is 248 g/mol. The van der Waals surface area contributed by atoms with E-state index in [1.54, 1.807) is 0 Å². The molecule has 3 heteroatoms. The predicted molar refractivity (Wildman–Crippen MR) is 88.8 cm³/mol. The van der Waals surface area contributed by atoms with E-state index in [1.807, 2.05) is 52.1 Å². The number of anilines is 1. The summed E-state index contributed by atoms with van der Waals surface area (Å²) in [6, 6.07) is 7.81. The van der Waals surface area contributed by atoms with Gasteiger partial charge in [0.25, 0.3) is 0 Å². The summed E-state index contributed by atoms with van der Waals surface area (Å²) in [5.41, 5.74) is 3.70. The van der Waals surface area contributed by atoms with Gasteiger partial charge in [-0.2, -0.15) is 0 Å². The van der Waals surface area contributed by atoms with Crippen LogP contribution in [0.15, 0.2) is 43.0 Å². The summed E-state index contributed by atoms with van der Waals surface area (Å²) >= 11 is 0. The Balaban J connectivity index is 0.00000172. The van der Waals surface area contributed by atoms with Crippen molar-refractivity contribution in [3.05, 3.63) is 48.6 Å². The quantitative estimate of drug-likeness (QED) is 0.774.